The quantitative estimate of drug-likeness (QED) is 0.932. The molecule has 2 N–H and O–H groups in total. The Kier molecular flexibility index (Phi) is 3.70. The van der Waals surface area contributed by atoms with Crippen LogP contribution in [0.25, 0.3) is 0 Å². The first-order valence-corrected chi connectivity index (χ1v) is 6.54. The van der Waals surface area contributed by atoms with E-state index in [1.165, 1.54) is 12.8 Å². The number of nitriles is 1. The smallest absolute Gasteiger partial charge is 0.137 e. The minimum atomic E-state index is -0.209. The van der Waals surface area contributed by atoms with Crippen molar-refractivity contribution in [3.63, 3.8) is 0 Å². The van der Waals surface area contributed by atoms with Crippen LogP contribution in [-0.2, 0) is 0 Å². The van der Waals surface area contributed by atoms with Gasteiger partial charge < -0.3 is 10.5 Å². The molecule has 0 aromatic heterocycles. The number of rotatable bonds is 3. The van der Waals surface area contributed by atoms with E-state index in [1.54, 1.807) is 12.1 Å². The maximum absolute atomic E-state index is 9.02. The Morgan fingerprint density at radius 2 is 2.12 bits per heavy atom. The van der Waals surface area contributed by atoms with Crippen LogP contribution in [0.2, 0.25) is 0 Å². The van der Waals surface area contributed by atoms with Gasteiger partial charge in [0.1, 0.15) is 18.4 Å². The van der Waals surface area contributed by atoms with Crippen molar-refractivity contribution in [1.82, 2.24) is 0 Å². The average molecular weight is 295 g/mol. The molecular weight excluding hydrogens is 280 g/mol. The second-order valence-electron chi connectivity index (χ2n) is 4.61. The topological polar surface area (TPSA) is 59.0 Å². The summed E-state index contributed by atoms with van der Waals surface area (Å²) in [7, 11) is 0. The normalized spacial score (nSPS) is 17.7. The maximum Gasteiger partial charge on any atom is 0.137 e. The summed E-state index contributed by atoms with van der Waals surface area (Å²) in [5, 5.41) is 9.02. The van der Waals surface area contributed by atoms with Crippen molar-refractivity contribution in [2.45, 2.75) is 31.2 Å². The van der Waals surface area contributed by atoms with Crippen LogP contribution in [0.4, 0.5) is 0 Å². The number of benzene rings is 1. The molecule has 1 aliphatic carbocycles. The molecule has 3 nitrogen and oxygen atoms in total. The van der Waals surface area contributed by atoms with Crippen molar-refractivity contribution < 1.29 is 4.74 Å². The highest BCUT2D eigenvalue weighted by Crippen LogP contribution is 2.29. The van der Waals surface area contributed by atoms with Gasteiger partial charge in [-0.25, -0.2) is 0 Å². The van der Waals surface area contributed by atoms with Gasteiger partial charge in [0.05, 0.1) is 11.1 Å². The predicted octanol–water partition coefficient (Wildman–Crippen LogP) is 2.97. The molecule has 0 radical (unpaired) electrons. The van der Waals surface area contributed by atoms with Crippen LogP contribution in [0.15, 0.2) is 22.7 Å². The number of hydrogen-bond acceptors (Lipinski definition) is 3. The molecule has 1 aliphatic rings. The Bertz CT molecular complexity index is 447. The molecule has 0 saturated heterocycles. The van der Waals surface area contributed by atoms with Gasteiger partial charge in [0, 0.05) is 4.47 Å². The molecule has 0 aliphatic heterocycles. The lowest BCUT2D eigenvalue weighted by Crippen LogP contribution is -2.42. The van der Waals surface area contributed by atoms with Crippen molar-refractivity contribution in [1.29, 1.82) is 5.26 Å². The minimum absolute atomic E-state index is 0.209. The van der Waals surface area contributed by atoms with Crippen LogP contribution in [0.1, 0.15) is 31.2 Å². The van der Waals surface area contributed by atoms with E-state index in [2.05, 4.69) is 22.0 Å². The third-order valence-electron chi connectivity index (χ3n) is 3.18. The zero-order chi connectivity index (χ0) is 12.3. The van der Waals surface area contributed by atoms with Crippen LogP contribution in [0.3, 0.4) is 0 Å². The molecule has 17 heavy (non-hydrogen) atoms. The van der Waals surface area contributed by atoms with Gasteiger partial charge in [-0.1, -0.05) is 28.8 Å². The summed E-state index contributed by atoms with van der Waals surface area (Å²) < 4.78 is 6.58. The summed E-state index contributed by atoms with van der Waals surface area (Å²) in [5.41, 5.74) is 6.55. The Balaban J connectivity index is 2.06. The van der Waals surface area contributed by atoms with E-state index in [1.807, 2.05) is 6.07 Å². The molecule has 1 aromatic carbocycles. The monoisotopic (exact) mass is 294 g/mol. The number of ether oxygens (including phenoxy) is 1. The third-order valence-corrected chi connectivity index (χ3v) is 3.67. The number of hydrogen-bond donors (Lipinski definition) is 1. The van der Waals surface area contributed by atoms with Gasteiger partial charge >= 0.3 is 0 Å². The van der Waals surface area contributed by atoms with E-state index in [0.717, 1.165) is 17.3 Å². The zero-order valence-electron chi connectivity index (χ0n) is 9.58. The van der Waals surface area contributed by atoms with Gasteiger partial charge in [0.25, 0.3) is 0 Å². The first kappa shape index (κ1) is 12.4. The minimum Gasteiger partial charge on any atom is -0.490 e. The van der Waals surface area contributed by atoms with Crippen LogP contribution in [0.5, 0.6) is 5.75 Å². The summed E-state index contributed by atoms with van der Waals surface area (Å²) >= 11 is 3.33. The summed E-state index contributed by atoms with van der Waals surface area (Å²) in [6.45, 7) is 0.489. The lowest BCUT2D eigenvalue weighted by Gasteiger charge is -2.23. The molecule has 0 spiro atoms. The van der Waals surface area contributed by atoms with Gasteiger partial charge in [0.2, 0.25) is 0 Å². The molecule has 0 atom stereocenters. The van der Waals surface area contributed by atoms with Crippen LogP contribution >= 0.6 is 15.9 Å². The first-order valence-electron chi connectivity index (χ1n) is 5.74. The highest BCUT2D eigenvalue weighted by molar-refractivity contribution is 9.10. The third kappa shape index (κ3) is 2.99. The summed E-state index contributed by atoms with van der Waals surface area (Å²) in [4.78, 5) is 0. The molecule has 0 bridgehead atoms. The largest absolute Gasteiger partial charge is 0.490 e. The number of nitrogens with two attached hydrogens (primary N) is 1. The molecule has 0 heterocycles. The molecule has 0 amide bonds. The fraction of sp³-hybridized carbons (Fsp3) is 0.462. The Hall–Kier alpha value is -1.05. The van der Waals surface area contributed by atoms with E-state index in [9.17, 15) is 0 Å². The summed E-state index contributed by atoms with van der Waals surface area (Å²) in [5.74, 6) is 0.618. The first-order chi connectivity index (χ1) is 8.13. The molecule has 2 rings (SSSR count). The molecule has 0 unspecified atom stereocenters. The fourth-order valence-electron chi connectivity index (χ4n) is 2.16. The maximum atomic E-state index is 9.02. The number of nitrogens with zero attached hydrogens (tertiary/aromatic N) is 1. The molecule has 4 heteroatoms. The summed E-state index contributed by atoms with van der Waals surface area (Å²) in [6.07, 6.45) is 4.35. The predicted molar refractivity (Wildman–Crippen MR) is 69.7 cm³/mol. The van der Waals surface area contributed by atoms with Crippen LogP contribution < -0.4 is 10.5 Å². The molecule has 90 valence electrons. The number of halogens is 1. The van der Waals surface area contributed by atoms with Gasteiger partial charge in [-0.05, 0) is 31.0 Å². The Morgan fingerprint density at radius 3 is 2.76 bits per heavy atom. The molecule has 1 aromatic rings. The zero-order valence-corrected chi connectivity index (χ0v) is 11.2. The van der Waals surface area contributed by atoms with Crippen molar-refractivity contribution in [2.75, 3.05) is 6.61 Å². The Morgan fingerprint density at radius 1 is 1.41 bits per heavy atom. The van der Waals surface area contributed by atoms with Crippen LogP contribution in [0, 0.1) is 11.3 Å². The van der Waals surface area contributed by atoms with Crippen molar-refractivity contribution in [2.24, 2.45) is 5.73 Å². The fourth-order valence-corrected chi connectivity index (χ4v) is 2.52. The van der Waals surface area contributed by atoms with Crippen molar-refractivity contribution in [3.8, 4) is 11.8 Å². The van der Waals surface area contributed by atoms with E-state index in [0.29, 0.717) is 17.9 Å². The highest BCUT2D eigenvalue weighted by atomic mass is 79.9. The Labute approximate surface area is 110 Å². The molecular formula is C13H15BrN2O. The molecule has 1 fully saturated rings. The van der Waals surface area contributed by atoms with Crippen molar-refractivity contribution in [3.05, 3.63) is 28.2 Å². The van der Waals surface area contributed by atoms with Gasteiger partial charge in [0.15, 0.2) is 0 Å². The average Bonchev–Trinajstić information content (AvgIpc) is 2.75. The lowest BCUT2D eigenvalue weighted by molar-refractivity contribution is 0.220. The second kappa shape index (κ2) is 5.07. The standard InChI is InChI=1S/C13H15BrN2O/c14-11-3-4-12(10(7-11)8-15)17-9-13(16)5-1-2-6-13/h3-4,7H,1-2,5-6,9,16H2. The highest BCUT2D eigenvalue weighted by Gasteiger charge is 2.30. The summed E-state index contributed by atoms with van der Waals surface area (Å²) in [6, 6.07) is 7.56. The SMILES string of the molecule is N#Cc1cc(Br)ccc1OCC1(N)CCCC1. The molecule has 1 saturated carbocycles. The van der Waals surface area contributed by atoms with E-state index >= 15 is 0 Å². The van der Waals surface area contributed by atoms with E-state index in [-0.39, 0.29) is 5.54 Å². The van der Waals surface area contributed by atoms with Gasteiger partial charge in [-0.15, -0.1) is 0 Å². The van der Waals surface area contributed by atoms with E-state index in [4.69, 9.17) is 15.7 Å². The second-order valence-corrected chi connectivity index (χ2v) is 5.53. The van der Waals surface area contributed by atoms with E-state index < -0.39 is 0 Å². The lowest BCUT2D eigenvalue weighted by atomic mass is 10.0. The van der Waals surface area contributed by atoms with Crippen molar-refractivity contribution >= 4 is 15.9 Å². The van der Waals surface area contributed by atoms with Crippen LogP contribution in [-0.4, -0.2) is 12.1 Å². The van der Waals surface area contributed by atoms with Gasteiger partial charge in [-0.3, -0.25) is 0 Å². The van der Waals surface area contributed by atoms with Gasteiger partial charge in [-0.2, -0.15) is 5.26 Å².